The van der Waals surface area contributed by atoms with E-state index in [1.54, 1.807) is 11.8 Å². The Kier molecular flexibility index (Phi) is 5.95. The number of benzene rings is 1. The van der Waals surface area contributed by atoms with Crippen molar-refractivity contribution in [2.75, 3.05) is 39.0 Å². The van der Waals surface area contributed by atoms with Crippen LogP contribution in [-0.4, -0.2) is 60.5 Å². The van der Waals surface area contributed by atoms with Crippen LogP contribution in [0.25, 0.3) is 0 Å². The molecule has 2 fully saturated rings. The molecule has 5 heteroatoms. The van der Waals surface area contributed by atoms with E-state index >= 15 is 0 Å². The summed E-state index contributed by atoms with van der Waals surface area (Å²) in [4.78, 5) is 30.0. The fraction of sp³-hybridized carbons (Fsp3) is 0.579. The van der Waals surface area contributed by atoms with E-state index in [0.717, 1.165) is 57.5 Å². The second kappa shape index (κ2) is 8.17. The molecule has 2 saturated heterocycles. The number of thioether (sulfide) groups is 1. The first-order chi connectivity index (χ1) is 11.7. The van der Waals surface area contributed by atoms with Crippen LogP contribution in [0, 0.1) is 5.92 Å². The van der Waals surface area contributed by atoms with E-state index in [9.17, 15) is 9.59 Å². The molecule has 0 saturated carbocycles. The fourth-order valence-corrected chi connectivity index (χ4v) is 4.07. The molecule has 2 aliphatic rings. The third-order valence-electron chi connectivity index (χ3n) is 5.11. The Balaban J connectivity index is 1.54. The summed E-state index contributed by atoms with van der Waals surface area (Å²) in [5.74, 6) is 0.645. The van der Waals surface area contributed by atoms with Gasteiger partial charge in [-0.05, 0) is 44.2 Å². The summed E-state index contributed by atoms with van der Waals surface area (Å²) in [6, 6.07) is 7.96. The van der Waals surface area contributed by atoms with Gasteiger partial charge in [0.1, 0.15) is 0 Å². The third-order valence-corrected chi connectivity index (χ3v) is 5.85. The minimum absolute atomic E-state index is 0.0909. The van der Waals surface area contributed by atoms with E-state index in [1.807, 2.05) is 35.4 Å². The zero-order chi connectivity index (χ0) is 16.9. The molecule has 0 unspecified atom stereocenters. The monoisotopic (exact) mass is 346 g/mol. The number of carbonyl (C=O) groups excluding carboxylic acids is 2. The molecule has 24 heavy (non-hydrogen) atoms. The maximum atomic E-state index is 12.8. The highest BCUT2D eigenvalue weighted by atomic mass is 32.2. The summed E-state index contributed by atoms with van der Waals surface area (Å²) >= 11 is 1.69. The molecule has 0 spiro atoms. The molecule has 0 N–H and O–H groups in total. The van der Waals surface area contributed by atoms with Crippen molar-refractivity contribution >= 4 is 23.5 Å². The normalized spacial score (nSPS) is 22.1. The Hall–Kier alpha value is -1.33. The smallest absolute Gasteiger partial charge is 0.222 e. The number of ketones is 1. The van der Waals surface area contributed by atoms with Gasteiger partial charge in [0.05, 0.1) is 0 Å². The molecule has 1 aromatic rings. The lowest BCUT2D eigenvalue weighted by atomic mass is 9.90. The Bertz CT molecular complexity index is 588. The summed E-state index contributed by atoms with van der Waals surface area (Å²) in [6.07, 6.45) is 5.77. The molecule has 2 heterocycles. The molecule has 130 valence electrons. The number of hydrogen-bond donors (Lipinski definition) is 0. The Morgan fingerprint density at radius 1 is 1.17 bits per heavy atom. The van der Waals surface area contributed by atoms with Gasteiger partial charge in [0.2, 0.25) is 5.91 Å². The Morgan fingerprint density at radius 2 is 1.96 bits per heavy atom. The van der Waals surface area contributed by atoms with Crippen LogP contribution in [0.1, 0.15) is 36.0 Å². The van der Waals surface area contributed by atoms with Gasteiger partial charge in [-0.25, -0.2) is 0 Å². The second-order valence-electron chi connectivity index (χ2n) is 6.72. The molecule has 1 aromatic carbocycles. The number of likely N-dealkylation sites (tertiary alicyclic amines) is 2. The number of nitrogens with zero attached hydrogens (tertiary/aromatic N) is 2. The third kappa shape index (κ3) is 4.19. The highest BCUT2D eigenvalue weighted by Crippen LogP contribution is 2.23. The van der Waals surface area contributed by atoms with Crippen LogP contribution in [0.5, 0.6) is 0 Å². The second-order valence-corrected chi connectivity index (χ2v) is 7.60. The maximum Gasteiger partial charge on any atom is 0.222 e. The molecule has 2 aliphatic heterocycles. The van der Waals surface area contributed by atoms with Crippen molar-refractivity contribution in [1.29, 1.82) is 0 Å². The summed E-state index contributed by atoms with van der Waals surface area (Å²) < 4.78 is 0. The number of Topliss-reactive ketones (excluding diaryl/α,β-unsaturated/α-hetero) is 1. The quantitative estimate of drug-likeness (QED) is 0.587. The summed E-state index contributed by atoms with van der Waals surface area (Å²) in [5.41, 5.74) is 0.828. The molecule has 0 bridgehead atoms. The summed E-state index contributed by atoms with van der Waals surface area (Å²) in [5, 5.41) is 0. The van der Waals surface area contributed by atoms with Crippen molar-refractivity contribution in [2.45, 2.75) is 30.6 Å². The predicted octanol–water partition coefficient (Wildman–Crippen LogP) is 2.93. The first-order valence-corrected chi connectivity index (χ1v) is 10.1. The molecule has 1 amide bonds. The van der Waals surface area contributed by atoms with Gasteiger partial charge in [0.15, 0.2) is 5.78 Å². The van der Waals surface area contributed by atoms with Crippen LogP contribution < -0.4 is 0 Å². The van der Waals surface area contributed by atoms with Gasteiger partial charge in [-0.15, -0.1) is 11.8 Å². The lowest BCUT2D eigenvalue weighted by molar-refractivity contribution is -0.127. The lowest BCUT2D eigenvalue weighted by Gasteiger charge is -2.33. The van der Waals surface area contributed by atoms with Crippen molar-refractivity contribution < 1.29 is 9.59 Å². The number of carbonyl (C=O) groups is 2. The summed E-state index contributed by atoms with van der Waals surface area (Å²) in [7, 11) is 0. The van der Waals surface area contributed by atoms with E-state index in [0.29, 0.717) is 6.42 Å². The Morgan fingerprint density at radius 3 is 2.62 bits per heavy atom. The fourth-order valence-electron chi connectivity index (χ4n) is 3.67. The topological polar surface area (TPSA) is 40.6 Å². The van der Waals surface area contributed by atoms with Gasteiger partial charge in [0, 0.05) is 49.0 Å². The number of hydrogen-bond acceptors (Lipinski definition) is 4. The largest absolute Gasteiger partial charge is 0.341 e. The lowest BCUT2D eigenvalue weighted by Crippen LogP contribution is -2.43. The van der Waals surface area contributed by atoms with Crippen molar-refractivity contribution in [3.63, 3.8) is 0 Å². The van der Waals surface area contributed by atoms with Gasteiger partial charge >= 0.3 is 0 Å². The maximum absolute atomic E-state index is 12.8. The van der Waals surface area contributed by atoms with Crippen molar-refractivity contribution in [1.82, 2.24) is 9.80 Å². The zero-order valence-corrected chi connectivity index (χ0v) is 15.2. The minimum Gasteiger partial charge on any atom is -0.341 e. The van der Waals surface area contributed by atoms with Crippen molar-refractivity contribution in [2.24, 2.45) is 5.92 Å². The van der Waals surface area contributed by atoms with E-state index in [4.69, 9.17) is 0 Å². The molecule has 0 radical (unpaired) electrons. The average Bonchev–Trinajstić information content (AvgIpc) is 3.04. The van der Waals surface area contributed by atoms with Gasteiger partial charge in [-0.2, -0.15) is 0 Å². The molecule has 0 aliphatic carbocycles. The SMILES string of the molecule is CSc1ccc(C(=O)[C@@H]2CCCN(CCN3CCCC3=O)C2)cc1. The van der Waals surface area contributed by atoms with Gasteiger partial charge < -0.3 is 9.80 Å². The van der Waals surface area contributed by atoms with Crippen LogP contribution in [0.15, 0.2) is 29.2 Å². The molecular weight excluding hydrogens is 320 g/mol. The first kappa shape index (κ1) is 17.5. The van der Waals surface area contributed by atoms with Crippen LogP contribution >= 0.6 is 11.8 Å². The van der Waals surface area contributed by atoms with E-state index < -0.39 is 0 Å². The van der Waals surface area contributed by atoms with Gasteiger partial charge in [-0.1, -0.05) is 12.1 Å². The van der Waals surface area contributed by atoms with E-state index in [2.05, 4.69) is 4.90 Å². The highest BCUT2D eigenvalue weighted by Gasteiger charge is 2.27. The molecule has 1 atom stereocenters. The molecule has 3 rings (SSSR count). The minimum atomic E-state index is 0.0909. The zero-order valence-electron chi connectivity index (χ0n) is 14.4. The van der Waals surface area contributed by atoms with Crippen molar-refractivity contribution in [3.8, 4) is 0 Å². The molecule has 0 aromatic heterocycles. The molecule has 4 nitrogen and oxygen atoms in total. The van der Waals surface area contributed by atoms with Gasteiger partial charge in [0.25, 0.3) is 0 Å². The number of amides is 1. The Labute approximate surface area is 148 Å². The van der Waals surface area contributed by atoms with E-state index in [1.165, 1.54) is 4.90 Å². The van der Waals surface area contributed by atoms with Crippen LogP contribution in [0.2, 0.25) is 0 Å². The van der Waals surface area contributed by atoms with Crippen LogP contribution in [-0.2, 0) is 4.79 Å². The van der Waals surface area contributed by atoms with Crippen molar-refractivity contribution in [3.05, 3.63) is 29.8 Å². The summed E-state index contributed by atoms with van der Waals surface area (Å²) in [6.45, 7) is 4.46. The van der Waals surface area contributed by atoms with Crippen LogP contribution in [0.3, 0.4) is 0 Å². The first-order valence-electron chi connectivity index (χ1n) is 8.86. The average molecular weight is 346 g/mol. The van der Waals surface area contributed by atoms with Crippen LogP contribution in [0.4, 0.5) is 0 Å². The molecular formula is C19H26N2O2S. The van der Waals surface area contributed by atoms with E-state index in [-0.39, 0.29) is 17.6 Å². The highest BCUT2D eigenvalue weighted by molar-refractivity contribution is 7.98. The number of piperidine rings is 1. The standard InChI is InChI=1S/C19H26N2O2S/c1-24-17-8-6-15(7-9-17)19(23)16-4-2-10-20(14-16)12-13-21-11-3-5-18(21)22/h6-9,16H,2-5,10-14H2,1H3/t16-/m1/s1. The number of rotatable bonds is 6. The predicted molar refractivity (Wildman–Crippen MR) is 97.5 cm³/mol. The van der Waals surface area contributed by atoms with Gasteiger partial charge in [-0.3, -0.25) is 9.59 Å².